The molecule has 180 valence electrons. The van der Waals surface area contributed by atoms with E-state index in [0.29, 0.717) is 29.5 Å². The molecule has 6 nitrogen and oxygen atoms in total. The lowest BCUT2D eigenvalue weighted by Gasteiger charge is -2.51. The number of aliphatic hydroxyl groups is 1. The third kappa shape index (κ3) is 4.18. The largest absolute Gasteiger partial charge is 0.475 e. The molecular formula is C28H30N3O3S+. The number of quaternary nitrogens is 1. The van der Waals surface area contributed by atoms with Gasteiger partial charge >= 0.3 is 0 Å². The molecule has 5 heterocycles. The average Bonchev–Trinajstić information content (AvgIpc) is 3.54. The van der Waals surface area contributed by atoms with E-state index < -0.39 is 5.60 Å². The Morgan fingerprint density at radius 3 is 2.26 bits per heavy atom. The number of nitrogens with zero attached hydrogens (tertiary/aromatic N) is 3. The Balaban J connectivity index is 1.27. The van der Waals surface area contributed by atoms with Gasteiger partial charge in [0, 0.05) is 23.6 Å². The van der Waals surface area contributed by atoms with Crippen LogP contribution in [0.15, 0.2) is 77.3 Å². The van der Waals surface area contributed by atoms with Crippen molar-refractivity contribution in [3.8, 4) is 5.06 Å². The molecule has 0 spiro atoms. The summed E-state index contributed by atoms with van der Waals surface area (Å²) in [5, 5.41) is 17.3. The van der Waals surface area contributed by atoms with Crippen LogP contribution in [-0.4, -0.2) is 45.5 Å². The van der Waals surface area contributed by atoms with Crippen LogP contribution in [0.4, 0.5) is 0 Å². The Hall–Kier alpha value is -3.00. The molecular weight excluding hydrogens is 458 g/mol. The first-order chi connectivity index (χ1) is 17.0. The van der Waals surface area contributed by atoms with Crippen molar-refractivity contribution in [3.05, 3.63) is 101 Å². The fourth-order valence-electron chi connectivity index (χ4n) is 5.74. The summed E-state index contributed by atoms with van der Waals surface area (Å²) in [6, 6.07) is 23.3. The van der Waals surface area contributed by atoms with Gasteiger partial charge in [-0.1, -0.05) is 65.8 Å². The molecule has 7 rings (SSSR count). The van der Waals surface area contributed by atoms with E-state index >= 15 is 0 Å². The van der Waals surface area contributed by atoms with Gasteiger partial charge in [0.05, 0.1) is 13.1 Å². The van der Waals surface area contributed by atoms with E-state index in [-0.39, 0.29) is 11.9 Å². The van der Waals surface area contributed by atoms with Gasteiger partial charge in [-0.3, -0.25) is 0 Å². The lowest BCUT2D eigenvalue weighted by molar-refractivity contribution is -0.959. The van der Waals surface area contributed by atoms with E-state index in [1.807, 2.05) is 60.7 Å². The van der Waals surface area contributed by atoms with Crippen molar-refractivity contribution in [2.24, 2.45) is 5.92 Å². The molecule has 2 bridgehead atoms. The highest BCUT2D eigenvalue weighted by Crippen LogP contribution is 2.39. The highest BCUT2D eigenvalue weighted by molar-refractivity contribution is 7.13. The predicted octanol–water partition coefficient (Wildman–Crippen LogP) is 4.91. The molecule has 0 radical (unpaired) electrons. The summed E-state index contributed by atoms with van der Waals surface area (Å²) in [4.78, 5) is 6.04. The van der Waals surface area contributed by atoms with Crippen molar-refractivity contribution < 1.29 is 18.8 Å². The van der Waals surface area contributed by atoms with E-state index in [1.165, 1.54) is 4.88 Å². The van der Waals surface area contributed by atoms with Crippen molar-refractivity contribution in [1.29, 1.82) is 0 Å². The third-order valence-corrected chi connectivity index (χ3v) is 8.56. The van der Waals surface area contributed by atoms with Crippen molar-refractivity contribution >= 4 is 11.3 Å². The highest BCUT2D eigenvalue weighted by atomic mass is 32.1. The fourth-order valence-corrected chi connectivity index (χ4v) is 6.50. The van der Waals surface area contributed by atoms with E-state index in [9.17, 15) is 5.11 Å². The van der Waals surface area contributed by atoms with Crippen LogP contribution < -0.4 is 4.74 Å². The average molecular weight is 489 g/mol. The normalized spacial score (nSPS) is 23.9. The van der Waals surface area contributed by atoms with E-state index in [1.54, 1.807) is 11.3 Å². The van der Waals surface area contributed by atoms with Crippen LogP contribution in [0.2, 0.25) is 0 Å². The quantitative estimate of drug-likeness (QED) is 0.374. The van der Waals surface area contributed by atoms with E-state index in [2.05, 4.69) is 24.2 Å². The summed E-state index contributed by atoms with van der Waals surface area (Å²) >= 11 is 1.72. The second-order valence-electron chi connectivity index (χ2n) is 9.94. The molecule has 3 aliphatic rings. The lowest BCUT2D eigenvalue weighted by atomic mass is 9.83. The van der Waals surface area contributed by atoms with Crippen LogP contribution in [-0.2, 0) is 12.1 Å². The van der Waals surface area contributed by atoms with Crippen molar-refractivity contribution in [2.75, 3.05) is 19.6 Å². The molecule has 0 unspecified atom stereocenters. The van der Waals surface area contributed by atoms with Gasteiger partial charge in [0.2, 0.25) is 5.82 Å². The first kappa shape index (κ1) is 22.5. The molecule has 7 heteroatoms. The first-order valence-corrected chi connectivity index (χ1v) is 13.1. The molecule has 3 saturated heterocycles. The van der Waals surface area contributed by atoms with Gasteiger partial charge in [-0.2, -0.15) is 4.98 Å². The zero-order chi connectivity index (χ0) is 23.9. The zero-order valence-electron chi connectivity index (χ0n) is 19.8. The van der Waals surface area contributed by atoms with Crippen LogP contribution in [0.1, 0.15) is 40.6 Å². The second kappa shape index (κ2) is 8.90. The van der Waals surface area contributed by atoms with Crippen molar-refractivity contribution in [3.63, 3.8) is 0 Å². The monoisotopic (exact) mass is 488 g/mol. The number of benzene rings is 2. The van der Waals surface area contributed by atoms with Crippen LogP contribution in [0, 0.1) is 12.8 Å². The number of hydrogen-bond donors (Lipinski definition) is 1. The topological polar surface area (TPSA) is 68.4 Å². The van der Waals surface area contributed by atoms with Gasteiger partial charge in [-0.15, -0.1) is 11.3 Å². The van der Waals surface area contributed by atoms with Gasteiger partial charge in [-0.25, -0.2) is 0 Å². The summed E-state index contributed by atoms with van der Waals surface area (Å²) in [5.74, 6) is 1.45. The Morgan fingerprint density at radius 2 is 1.66 bits per heavy atom. The van der Waals surface area contributed by atoms with Gasteiger partial charge in [-0.05, 0) is 30.2 Å². The maximum Gasteiger partial charge on any atom is 0.282 e. The van der Waals surface area contributed by atoms with E-state index in [0.717, 1.165) is 42.0 Å². The molecule has 2 aromatic heterocycles. The molecule has 0 saturated carbocycles. The molecule has 4 aromatic rings. The number of piperidine rings is 3. The predicted molar refractivity (Wildman–Crippen MR) is 134 cm³/mol. The van der Waals surface area contributed by atoms with Crippen LogP contribution in [0.25, 0.3) is 0 Å². The van der Waals surface area contributed by atoms with Crippen LogP contribution in [0.3, 0.4) is 0 Å². The van der Waals surface area contributed by atoms with Gasteiger partial charge in [0.25, 0.3) is 5.89 Å². The summed E-state index contributed by atoms with van der Waals surface area (Å²) in [6.45, 7) is 5.89. The SMILES string of the molecule is Cc1ccc(O[C@H]2C[N+]3(Cc4nc(C(O)(c5ccccc5)c5ccccc5)no4)CCC2CC3)s1. The molecule has 35 heavy (non-hydrogen) atoms. The zero-order valence-corrected chi connectivity index (χ0v) is 20.7. The number of thiophene rings is 1. The van der Waals surface area contributed by atoms with Crippen LogP contribution >= 0.6 is 11.3 Å². The molecule has 1 N–H and O–H groups in total. The number of fused-ring (bicyclic) bond motifs is 3. The third-order valence-electron chi connectivity index (χ3n) is 7.67. The maximum absolute atomic E-state index is 12.0. The number of hydrogen-bond acceptors (Lipinski definition) is 6. The first-order valence-electron chi connectivity index (χ1n) is 12.3. The van der Waals surface area contributed by atoms with Crippen molar-refractivity contribution in [2.45, 2.75) is 38.0 Å². The fraction of sp³-hybridized carbons (Fsp3) is 0.357. The standard InChI is InChI=1S/C28H30N3O3S/c1-20-12-13-26(35-20)33-24-18-31(16-14-21(24)15-17-31)19-25-29-27(30-34-25)28(32,22-8-4-2-5-9-22)23-10-6-3-7-11-23/h2-13,21,24,32H,14-19H2,1H3/q+1/t21?,24-,31?/m0/s1. The second-order valence-corrected chi connectivity index (χ2v) is 11.2. The number of aryl methyl sites for hydroxylation is 1. The van der Waals surface area contributed by atoms with Gasteiger partial charge in [0.15, 0.2) is 23.3 Å². The number of aromatic nitrogens is 2. The molecule has 0 amide bonds. The molecule has 3 aliphatic heterocycles. The minimum atomic E-state index is -1.48. The Kier molecular flexibility index (Phi) is 5.71. The van der Waals surface area contributed by atoms with Crippen LogP contribution in [0.5, 0.6) is 5.06 Å². The molecule has 3 fully saturated rings. The van der Waals surface area contributed by atoms with E-state index in [4.69, 9.17) is 14.2 Å². The molecule has 2 aromatic carbocycles. The minimum Gasteiger partial charge on any atom is -0.475 e. The Labute approximate surface area is 209 Å². The van der Waals surface area contributed by atoms with Gasteiger partial charge < -0.3 is 18.8 Å². The summed E-state index contributed by atoms with van der Waals surface area (Å²) in [6.07, 6.45) is 2.51. The summed E-state index contributed by atoms with van der Waals surface area (Å²) < 4.78 is 13.1. The molecule has 0 aliphatic carbocycles. The smallest absolute Gasteiger partial charge is 0.282 e. The Bertz CT molecular complexity index is 1240. The van der Waals surface area contributed by atoms with Gasteiger partial charge in [0.1, 0.15) is 6.54 Å². The number of ether oxygens (including phenoxy) is 1. The maximum atomic E-state index is 12.0. The van der Waals surface area contributed by atoms with Crippen molar-refractivity contribution in [1.82, 2.24) is 10.1 Å². The molecule has 1 atom stereocenters. The highest BCUT2D eigenvalue weighted by Gasteiger charge is 2.48. The minimum absolute atomic E-state index is 0.212. The summed E-state index contributed by atoms with van der Waals surface area (Å²) in [5.41, 5.74) is -0.0601. The summed E-state index contributed by atoms with van der Waals surface area (Å²) in [7, 11) is 0. The number of rotatable bonds is 7. The lowest BCUT2D eigenvalue weighted by Crippen LogP contribution is -2.64. The Morgan fingerprint density at radius 1 is 1.00 bits per heavy atom.